The van der Waals surface area contributed by atoms with E-state index in [0.29, 0.717) is 18.1 Å². The molecule has 0 bridgehead atoms. The molecule has 1 fully saturated rings. The van der Waals surface area contributed by atoms with Crippen LogP contribution in [0.5, 0.6) is 0 Å². The smallest absolute Gasteiger partial charge is 0.133 e. The molecule has 2 nitrogen and oxygen atoms in total. The van der Waals surface area contributed by atoms with Crippen LogP contribution in [0.25, 0.3) is 0 Å². The number of carbonyl (C=O) groups is 1. The number of rotatable bonds is 7. The summed E-state index contributed by atoms with van der Waals surface area (Å²) in [6, 6.07) is 10.5. The molecule has 0 radical (unpaired) electrons. The molecule has 2 heteroatoms. The fraction of sp³-hybridized carbons (Fsp3) is 0.550. The molecule has 1 aromatic carbocycles. The maximum atomic E-state index is 11.4. The Balaban J connectivity index is 1.70. The Bertz CT molecular complexity index is 488. The first kappa shape index (κ1) is 17.0. The number of hydrogen-bond acceptors (Lipinski definition) is 2. The third kappa shape index (κ3) is 6.15. The lowest BCUT2D eigenvalue weighted by Crippen LogP contribution is -2.21. The summed E-state index contributed by atoms with van der Waals surface area (Å²) in [5.41, 5.74) is 0.607. The Hall–Kier alpha value is -1.41. The maximum absolute atomic E-state index is 11.4. The topological polar surface area (TPSA) is 37.3 Å². The average molecular weight is 300 g/mol. The van der Waals surface area contributed by atoms with E-state index >= 15 is 0 Å². The Kier molecular flexibility index (Phi) is 6.38. The van der Waals surface area contributed by atoms with Crippen molar-refractivity contribution in [3.8, 4) is 0 Å². The molecule has 1 aromatic rings. The van der Waals surface area contributed by atoms with E-state index in [4.69, 9.17) is 0 Å². The zero-order valence-corrected chi connectivity index (χ0v) is 13.6. The Morgan fingerprint density at radius 2 is 2.05 bits per heavy atom. The summed E-state index contributed by atoms with van der Waals surface area (Å²) < 4.78 is 0. The molecule has 2 atom stereocenters. The van der Waals surface area contributed by atoms with Gasteiger partial charge in [-0.05, 0) is 56.9 Å². The van der Waals surface area contributed by atoms with Crippen LogP contribution in [0.2, 0.25) is 0 Å². The molecule has 0 unspecified atom stereocenters. The van der Waals surface area contributed by atoms with Crippen LogP contribution >= 0.6 is 0 Å². The summed E-state index contributed by atoms with van der Waals surface area (Å²) in [6.07, 6.45) is 11.4. The number of unbranched alkanes of at least 4 members (excludes halogenated alkanes) is 1. The van der Waals surface area contributed by atoms with Gasteiger partial charge in [-0.15, -0.1) is 0 Å². The number of ketones is 1. The normalized spacial score (nSPS) is 21.9. The van der Waals surface area contributed by atoms with Crippen LogP contribution in [-0.4, -0.2) is 16.5 Å². The van der Waals surface area contributed by atoms with Crippen LogP contribution in [0.3, 0.4) is 0 Å². The van der Waals surface area contributed by atoms with E-state index in [1.54, 1.807) is 0 Å². The molecule has 0 aromatic heterocycles. The second-order valence-electron chi connectivity index (χ2n) is 6.80. The highest BCUT2D eigenvalue weighted by Gasteiger charge is 2.20. The molecule has 120 valence electrons. The van der Waals surface area contributed by atoms with Gasteiger partial charge in [0.05, 0.1) is 5.60 Å². The van der Waals surface area contributed by atoms with Crippen LogP contribution < -0.4 is 0 Å². The highest BCUT2D eigenvalue weighted by atomic mass is 16.3. The van der Waals surface area contributed by atoms with E-state index in [-0.39, 0.29) is 0 Å². The van der Waals surface area contributed by atoms with Gasteiger partial charge in [-0.25, -0.2) is 0 Å². The first-order valence-electron chi connectivity index (χ1n) is 8.52. The highest BCUT2D eigenvalue weighted by Crippen LogP contribution is 2.24. The average Bonchev–Trinajstić information content (AvgIpc) is 2.51. The van der Waals surface area contributed by atoms with E-state index < -0.39 is 5.60 Å². The van der Waals surface area contributed by atoms with Gasteiger partial charge in [0.2, 0.25) is 0 Å². The van der Waals surface area contributed by atoms with Crippen molar-refractivity contribution in [1.82, 2.24) is 0 Å². The molecular formula is C20H28O2. The zero-order valence-electron chi connectivity index (χ0n) is 13.6. The maximum Gasteiger partial charge on any atom is 0.133 e. The van der Waals surface area contributed by atoms with Gasteiger partial charge < -0.3 is 5.11 Å². The van der Waals surface area contributed by atoms with Gasteiger partial charge >= 0.3 is 0 Å². The second-order valence-corrected chi connectivity index (χ2v) is 6.80. The number of aryl methyl sites for hydroxylation is 1. The molecular weight excluding hydrogens is 272 g/mol. The largest absolute Gasteiger partial charge is 0.386 e. The van der Waals surface area contributed by atoms with Gasteiger partial charge in [0.1, 0.15) is 5.78 Å². The van der Waals surface area contributed by atoms with Crippen LogP contribution in [0, 0.1) is 5.92 Å². The number of aliphatic hydroxyl groups is 1. The van der Waals surface area contributed by atoms with Gasteiger partial charge in [-0.3, -0.25) is 4.79 Å². The Morgan fingerprint density at radius 1 is 1.27 bits per heavy atom. The van der Waals surface area contributed by atoms with Gasteiger partial charge in [0.25, 0.3) is 0 Å². The second kappa shape index (κ2) is 8.28. The minimum atomic E-state index is -0.753. The van der Waals surface area contributed by atoms with Crippen molar-refractivity contribution in [1.29, 1.82) is 0 Å². The monoisotopic (exact) mass is 300 g/mol. The van der Waals surface area contributed by atoms with Crippen molar-refractivity contribution in [2.45, 2.75) is 63.9 Å². The lowest BCUT2D eigenvalue weighted by molar-refractivity contribution is -0.121. The Morgan fingerprint density at radius 3 is 2.77 bits per heavy atom. The van der Waals surface area contributed by atoms with E-state index in [2.05, 4.69) is 30.3 Å². The molecule has 1 aliphatic rings. The van der Waals surface area contributed by atoms with Crippen LogP contribution in [0.1, 0.15) is 57.4 Å². The summed E-state index contributed by atoms with van der Waals surface area (Å²) in [6.45, 7) is 1.87. The Labute approximate surface area is 134 Å². The lowest BCUT2D eigenvalue weighted by Gasteiger charge is -2.22. The molecule has 2 rings (SSSR count). The molecule has 0 spiro atoms. The summed E-state index contributed by atoms with van der Waals surface area (Å²) in [5, 5.41) is 10.4. The van der Waals surface area contributed by atoms with E-state index in [9.17, 15) is 9.90 Å². The predicted molar refractivity (Wildman–Crippen MR) is 90.7 cm³/mol. The fourth-order valence-electron chi connectivity index (χ4n) is 3.11. The first-order chi connectivity index (χ1) is 10.6. The van der Waals surface area contributed by atoms with Crippen molar-refractivity contribution in [3.05, 3.63) is 48.0 Å². The summed E-state index contributed by atoms with van der Waals surface area (Å²) in [5.74, 6) is 0.695. The number of allylic oxidation sites excluding steroid dienone is 1. The molecule has 0 heterocycles. The quantitative estimate of drug-likeness (QED) is 0.596. The van der Waals surface area contributed by atoms with Gasteiger partial charge in [0, 0.05) is 12.8 Å². The van der Waals surface area contributed by atoms with Gasteiger partial charge in [-0.2, -0.15) is 0 Å². The SMILES string of the molecule is C[C@](O)(/C=C/[C@@H]1CCCC(=O)C1)CCCCc1ccccc1. The van der Waals surface area contributed by atoms with Crippen molar-refractivity contribution in [3.63, 3.8) is 0 Å². The third-order valence-corrected chi connectivity index (χ3v) is 4.49. The van der Waals surface area contributed by atoms with E-state index in [0.717, 1.165) is 44.9 Å². The molecule has 22 heavy (non-hydrogen) atoms. The first-order valence-corrected chi connectivity index (χ1v) is 8.52. The van der Waals surface area contributed by atoms with E-state index in [1.807, 2.05) is 19.1 Å². The standard InChI is InChI=1S/C20H28O2/c1-20(22,15-13-18-11-7-12-19(21)16-18)14-6-5-10-17-8-3-2-4-9-17/h2-4,8-9,13,15,18,22H,5-7,10-12,14,16H2,1H3/b15-13+/t18-,20+/m0/s1. The van der Waals surface area contributed by atoms with Crippen molar-refractivity contribution < 1.29 is 9.90 Å². The lowest BCUT2D eigenvalue weighted by atomic mass is 9.86. The summed E-state index contributed by atoms with van der Waals surface area (Å²) in [4.78, 5) is 11.4. The minimum Gasteiger partial charge on any atom is -0.386 e. The minimum absolute atomic E-state index is 0.331. The van der Waals surface area contributed by atoms with Crippen molar-refractivity contribution >= 4 is 5.78 Å². The van der Waals surface area contributed by atoms with Crippen LogP contribution in [0.4, 0.5) is 0 Å². The molecule has 1 N–H and O–H groups in total. The molecule has 0 aliphatic heterocycles. The molecule has 0 amide bonds. The fourth-order valence-corrected chi connectivity index (χ4v) is 3.11. The van der Waals surface area contributed by atoms with E-state index in [1.165, 1.54) is 5.56 Å². The number of carbonyl (C=O) groups excluding carboxylic acids is 1. The number of hydrogen-bond donors (Lipinski definition) is 1. The molecule has 1 saturated carbocycles. The summed E-state index contributed by atoms with van der Waals surface area (Å²) in [7, 11) is 0. The zero-order chi connectivity index (χ0) is 15.8. The number of Topliss-reactive ketones (excluding diaryl/α,β-unsaturated/α-hetero) is 1. The van der Waals surface area contributed by atoms with Crippen LogP contribution in [-0.2, 0) is 11.2 Å². The van der Waals surface area contributed by atoms with Crippen molar-refractivity contribution in [2.24, 2.45) is 5.92 Å². The predicted octanol–water partition coefficient (Wildman–Crippen LogP) is 4.47. The third-order valence-electron chi connectivity index (χ3n) is 4.49. The number of benzene rings is 1. The highest BCUT2D eigenvalue weighted by molar-refractivity contribution is 5.79. The van der Waals surface area contributed by atoms with Gasteiger partial charge in [-0.1, -0.05) is 42.5 Å². The molecule has 0 saturated heterocycles. The molecule has 1 aliphatic carbocycles. The van der Waals surface area contributed by atoms with Crippen molar-refractivity contribution in [2.75, 3.05) is 0 Å². The van der Waals surface area contributed by atoms with Crippen LogP contribution in [0.15, 0.2) is 42.5 Å². The van der Waals surface area contributed by atoms with Gasteiger partial charge in [0.15, 0.2) is 0 Å². The summed E-state index contributed by atoms with van der Waals surface area (Å²) >= 11 is 0.